The monoisotopic (exact) mass is 544 g/mol. The van der Waals surface area contributed by atoms with Crippen molar-refractivity contribution in [3.05, 3.63) is 62.7 Å². The maximum absolute atomic E-state index is 13.2. The van der Waals surface area contributed by atoms with Crippen molar-refractivity contribution < 1.29 is 36.4 Å². The van der Waals surface area contributed by atoms with Crippen LogP contribution in [0.1, 0.15) is 98.8 Å². The number of halogens is 6. The van der Waals surface area contributed by atoms with E-state index >= 15 is 0 Å². The van der Waals surface area contributed by atoms with Crippen molar-refractivity contribution >= 4 is 17.6 Å². The van der Waals surface area contributed by atoms with Gasteiger partial charge < -0.3 is 5.11 Å². The average Bonchev–Trinajstić information content (AvgIpc) is 2.82. The molecule has 0 radical (unpaired) electrons. The predicted molar refractivity (Wildman–Crippen MR) is 132 cm³/mol. The van der Waals surface area contributed by atoms with Crippen molar-refractivity contribution in [2.75, 3.05) is 0 Å². The van der Waals surface area contributed by atoms with Crippen LogP contribution in [0.25, 0.3) is 0 Å². The van der Waals surface area contributed by atoms with Crippen molar-refractivity contribution in [2.45, 2.75) is 88.9 Å². The minimum atomic E-state index is -5.04. The van der Waals surface area contributed by atoms with Gasteiger partial charge in [-0.2, -0.15) is 26.3 Å². The number of phenolic OH excluding ortho intramolecular Hbond substituents is 1. The Morgan fingerprint density at radius 1 is 0.789 bits per heavy atom. The van der Waals surface area contributed by atoms with Crippen LogP contribution in [0.3, 0.4) is 0 Å². The average molecular weight is 545 g/mol. The summed E-state index contributed by atoms with van der Waals surface area (Å²) < 4.78 is 79.2. The van der Waals surface area contributed by atoms with Crippen LogP contribution in [0.15, 0.2) is 35.3 Å². The van der Waals surface area contributed by atoms with E-state index in [0.717, 1.165) is 63.6 Å². The Balaban J connectivity index is 2.01. The second kappa shape index (κ2) is 12.6. The Bertz CT molecular complexity index is 1100. The summed E-state index contributed by atoms with van der Waals surface area (Å²) in [6.07, 6.45) is 1.62. The van der Waals surface area contributed by atoms with E-state index in [1.54, 1.807) is 0 Å². The molecule has 1 saturated carbocycles. The van der Waals surface area contributed by atoms with Crippen LogP contribution in [0.4, 0.5) is 37.7 Å². The topological polar surface area (TPSA) is 75.7 Å². The molecule has 1 aliphatic rings. The van der Waals surface area contributed by atoms with Crippen LogP contribution in [-0.2, 0) is 12.4 Å². The fourth-order valence-corrected chi connectivity index (χ4v) is 4.81. The molecular formula is C27H30F6N2O3. The maximum Gasteiger partial charge on any atom is 0.416 e. The largest absolute Gasteiger partial charge is 0.507 e. The molecule has 0 atom stereocenters. The van der Waals surface area contributed by atoms with Crippen LogP contribution >= 0.6 is 0 Å². The number of nitro benzene ring substituents is 1. The van der Waals surface area contributed by atoms with Gasteiger partial charge in [-0.05, 0) is 37.0 Å². The summed E-state index contributed by atoms with van der Waals surface area (Å²) in [4.78, 5) is 14.7. The predicted octanol–water partition coefficient (Wildman–Crippen LogP) is 9.48. The van der Waals surface area contributed by atoms with Gasteiger partial charge in [-0.1, -0.05) is 57.8 Å². The number of alkyl halides is 6. The van der Waals surface area contributed by atoms with Crippen LogP contribution in [0.2, 0.25) is 0 Å². The summed E-state index contributed by atoms with van der Waals surface area (Å²) in [6.45, 7) is 0. The van der Waals surface area contributed by atoms with E-state index in [1.165, 1.54) is 12.5 Å². The molecule has 11 heteroatoms. The normalized spacial score (nSPS) is 17.2. The quantitative estimate of drug-likeness (QED) is 0.180. The van der Waals surface area contributed by atoms with E-state index in [9.17, 15) is 41.6 Å². The van der Waals surface area contributed by atoms with E-state index in [1.807, 2.05) is 0 Å². The summed E-state index contributed by atoms with van der Waals surface area (Å²) in [6, 6.07) is 3.21. The minimum absolute atomic E-state index is 0.00833. The first-order chi connectivity index (χ1) is 17.9. The molecule has 1 N–H and O–H groups in total. The van der Waals surface area contributed by atoms with Gasteiger partial charge in [0.1, 0.15) is 5.75 Å². The van der Waals surface area contributed by atoms with E-state index in [0.29, 0.717) is 30.5 Å². The fraction of sp³-hybridized carbons (Fsp3) is 0.519. The molecule has 0 unspecified atom stereocenters. The number of aliphatic imine (C=N–C) groups is 1. The number of non-ortho nitro benzene ring substituents is 1. The van der Waals surface area contributed by atoms with Crippen molar-refractivity contribution in [3.63, 3.8) is 0 Å². The van der Waals surface area contributed by atoms with Crippen LogP contribution in [0.5, 0.6) is 5.75 Å². The number of hydrogen-bond donors (Lipinski definition) is 1. The van der Waals surface area contributed by atoms with Gasteiger partial charge in [-0.15, -0.1) is 0 Å². The molecule has 0 saturated heterocycles. The number of benzene rings is 2. The maximum atomic E-state index is 13.2. The zero-order chi connectivity index (χ0) is 27.9. The first kappa shape index (κ1) is 29.4. The molecule has 38 heavy (non-hydrogen) atoms. The number of aromatic hydroxyl groups is 1. The van der Waals surface area contributed by atoms with Gasteiger partial charge in [0.15, 0.2) is 0 Å². The lowest BCUT2D eigenvalue weighted by atomic mass is 9.86. The third kappa shape index (κ3) is 8.19. The lowest BCUT2D eigenvalue weighted by Crippen LogP contribution is -2.10. The number of hydrogen-bond acceptors (Lipinski definition) is 4. The third-order valence-electron chi connectivity index (χ3n) is 6.83. The van der Waals surface area contributed by atoms with Gasteiger partial charge in [0, 0.05) is 29.5 Å². The number of rotatable bonds is 4. The number of nitro groups is 1. The summed E-state index contributed by atoms with van der Waals surface area (Å²) >= 11 is 0. The Labute approximate surface area is 216 Å². The zero-order valence-electron chi connectivity index (χ0n) is 20.7. The lowest BCUT2D eigenvalue weighted by Gasteiger charge is -2.20. The van der Waals surface area contributed by atoms with Gasteiger partial charge in [0.05, 0.1) is 21.7 Å². The molecule has 0 aromatic heterocycles. The first-order valence-corrected chi connectivity index (χ1v) is 12.7. The smallest absolute Gasteiger partial charge is 0.416 e. The number of phenols is 1. The zero-order valence-corrected chi connectivity index (χ0v) is 20.7. The summed E-state index contributed by atoms with van der Waals surface area (Å²) in [5.74, 6) is -0.480. The van der Waals surface area contributed by atoms with E-state index < -0.39 is 34.1 Å². The molecule has 2 aromatic carbocycles. The molecule has 5 nitrogen and oxygen atoms in total. The molecule has 3 rings (SSSR count). The van der Waals surface area contributed by atoms with E-state index in [4.69, 9.17) is 0 Å². The Morgan fingerprint density at radius 3 is 1.71 bits per heavy atom. The summed E-state index contributed by atoms with van der Waals surface area (Å²) in [5, 5.41) is 22.6. The van der Waals surface area contributed by atoms with E-state index in [2.05, 4.69) is 4.99 Å². The molecular weight excluding hydrogens is 514 g/mol. The Morgan fingerprint density at radius 2 is 1.26 bits per heavy atom. The molecule has 0 bridgehead atoms. The third-order valence-corrected chi connectivity index (χ3v) is 6.83. The Kier molecular flexibility index (Phi) is 9.78. The van der Waals surface area contributed by atoms with Crippen LogP contribution in [0, 0.1) is 10.1 Å². The highest BCUT2D eigenvalue weighted by Gasteiger charge is 2.37. The van der Waals surface area contributed by atoms with Gasteiger partial charge >= 0.3 is 12.4 Å². The molecule has 2 aromatic rings. The molecule has 0 spiro atoms. The number of nitrogens with zero attached hydrogens (tertiary/aromatic N) is 2. The van der Waals surface area contributed by atoms with Gasteiger partial charge in [-0.25, -0.2) is 0 Å². The van der Waals surface area contributed by atoms with Crippen molar-refractivity contribution in [1.29, 1.82) is 0 Å². The van der Waals surface area contributed by atoms with Gasteiger partial charge in [0.2, 0.25) is 0 Å². The minimum Gasteiger partial charge on any atom is -0.507 e. The van der Waals surface area contributed by atoms with E-state index in [-0.39, 0.29) is 29.0 Å². The molecule has 0 aliphatic heterocycles. The fourth-order valence-electron chi connectivity index (χ4n) is 4.81. The molecule has 0 heterocycles. The summed E-state index contributed by atoms with van der Waals surface area (Å²) in [5.41, 5.74) is -3.85. The van der Waals surface area contributed by atoms with Crippen LogP contribution in [-0.4, -0.2) is 16.2 Å². The highest BCUT2D eigenvalue weighted by Crippen LogP contribution is 2.40. The SMILES string of the molecule is O=[N+]([O-])c1cc(C=Nc2cc(C(F)(F)F)cc(C(F)(F)F)c2)c(O)c(C2CCCCCCCCCCC2)c1. The van der Waals surface area contributed by atoms with Crippen molar-refractivity contribution in [2.24, 2.45) is 4.99 Å². The van der Waals surface area contributed by atoms with Crippen LogP contribution < -0.4 is 0 Å². The Hall–Kier alpha value is -3.11. The second-order valence-electron chi connectivity index (χ2n) is 9.71. The van der Waals surface area contributed by atoms with Crippen molar-refractivity contribution in [3.8, 4) is 5.75 Å². The second-order valence-corrected chi connectivity index (χ2v) is 9.71. The first-order valence-electron chi connectivity index (χ1n) is 12.7. The van der Waals surface area contributed by atoms with Crippen molar-refractivity contribution in [1.82, 2.24) is 0 Å². The molecule has 1 aliphatic carbocycles. The highest BCUT2D eigenvalue weighted by molar-refractivity contribution is 5.87. The van der Waals surface area contributed by atoms with Gasteiger partial charge in [0.25, 0.3) is 5.69 Å². The van der Waals surface area contributed by atoms with Gasteiger partial charge in [-0.3, -0.25) is 15.1 Å². The standard InChI is InChI=1S/C27H30F6N2O3/c28-26(29,30)20-13-21(27(31,32)33)15-22(14-20)34-17-19-12-23(35(37)38)16-24(25(19)36)18-10-8-6-4-2-1-3-5-7-9-11-18/h12-18,36H,1-11H2. The highest BCUT2D eigenvalue weighted by atomic mass is 19.4. The summed E-state index contributed by atoms with van der Waals surface area (Å²) in [7, 11) is 0. The molecule has 208 valence electrons. The lowest BCUT2D eigenvalue weighted by molar-refractivity contribution is -0.385. The molecule has 0 amide bonds. The molecule has 1 fully saturated rings.